The minimum Gasteiger partial charge on any atom is -0.444 e. The van der Waals surface area contributed by atoms with Gasteiger partial charge in [0.2, 0.25) is 5.82 Å². The van der Waals surface area contributed by atoms with Gasteiger partial charge in [-0.05, 0) is 12.1 Å². The summed E-state index contributed by atoms with van der Waals surface area (Å²) in [7, 11) is 0. The van der Waals surface area contributed by atoms with Crippen LogP contribution in [0.5, 0.6) is 0 Å². The zero-order valence-electron chi connectivity index (χ0n) is 10.8. The number of primary amides is 1. The first-order valence-corrected chi connectivity index (χ1v) is 6.08. The van der Waals surface area contributed by atoms with Crippen molar-refractivity contribution in [1.82, 2.24) is 4.90 Å². The van der Waals surface area contributed by atoms with Gasteiger partial charge in [-0.1, -0.05) is 0 Å². The number of nitro benzene ring substituents is 1. The maximum Gasteiger partial charge on any atom is 0.404 e. The van der Waals surface area contributed by atoms with Gasteiger partial charge in [0.15, 0.2) is 0 Å². The van der Waals surface area contributed by atoms with Gasteiger partial charge < -0.3 is 15.4 Å². The lowest BCUT2D eigenvalue weighted by Gasteiger charge is -2.16. The summed E-state index contributed by atoms with van der Waals surface area (Å²) in [6, 6.07) is 2.95. The molecule has 2 N–H and O–H groups in total. The second-order valence-corrected chi connectivity index (χ2v) is 4.52. The van der Waals surface area contributed by atoms with E-state index in [0.29, 0.717) is 13.0 Å². The van der Waals surface area contributed by atoms with Crippen LogP contribution < -0.4 is 5.73 Å². The Balaban J connectivity index is 2.09. The van der Waals surface area contributed by atoms with Gasteiger partial charge in [0.25, 0.3) is 5.91 Å². The van der Waals surface area contributed by atoms with Crippen LogP contribution in [0.15, 0.2) is 18.2 Å². The van der Waals surface area contributed by atoms with Crippen LogP contribution in [0.3, 0.4) is 0 Å². The monoisotopic (exact) mass is 297 g/mol. The molecule has 21 heavy (non-hydrogen) atoms. The molecule has 2 amide bonds. The molecular weight excluding hydrogens is 285 g/mol. The molecule has 0 spiro atoms. The van der Waals surface area contributed by atoms with Gasteiger partial charge in [0.05, 0.1) is 11.5 Å². The molecule has 8 nitrogen and oxygen atoms in total. The number of nitro groups is 1. The van der Waals surface area contributed by atoms with Gasteiger partial charge in [-0.2, -0.15) is 4.39 Å². The highest BCUT2D eigenvalue weighted by atomic mass is 19.1. The van der Waals surface area contributed by atoms with E-state index >= 15 is 0 Å². The first kappa shape index (κ1) is 14.7. The molecule has 9 heteroatoms. The first-order valence-electron chi connectivity index (χ1n) is 6.08. The van der Waals surface area contributed by atoms with Gasteiger partial charge in [0.1, 0.15) is 6.10 Å². The van der Waals surface area contributed by atoms with Crippen molar-refractivity contribution in [2.75, 3.05) is 13.1 Å². The Bertz CT molecular complexity index is 607. The highest BCUT2D eigenvalue weighted by Crippen LogP contribution is 2.21. The number of halogens is 1. The molecule has 1 atom stereocenters. The fourth-order valence-electron chi connectivity index (χ4n) is 2.14. The predicted molar refractivity (Wildman–Crippen MR) is 68.0 cm³/mol. The van der Waals surface area contributed by atoms with E-state index in [4.69, 9.17) is 10.5 Å². The Labute approximate surface area is 118 Å². The number of nitrogens with two attached hydrogens (primary N) is 1. The van der Waals surface area contributed by atoms with Crippen molar-refractivity contribution in [3.63, 3.8) is 0 Å². The van der Waals surface area contributed by atoms with Crippen LogP contribution >= 0.6 is 0 Å². The Hall–Kier alpha value is -2.71. The van der Waals surface area contributed by atoms with E-state index in [1.807, 2.05) is 0 Å². The topological polar surface area (TPSA) is 116 Å². The van der Waals surface area contributed by atoms with E-state index in [9.17, 15) is 24.1 Å². The summed E-state index contributed by atoms with van der Waals surface area (Å²) in [5.74, 6) is -1.56. The third kappa shape index (κ3) is 3.25. The maximum atomic E-state index is 13.5. The van der Waals surface area contributed by atoms with Crippen LogP contribution in [0.1, 0.15) is 16.8 Å². The number of nitrogens with zero attached hydrogens (tertiary/aromatic N) is 2. The van der Waals surface area contributed by atoms with Crippen LogP contribution in [-0.2, 0) is 4.74 Å². The molecule has 1 aromatic rings. The minimum atomic E-state index is -1.07. The Morgan fingerprint density at radius 1 is 1.48 bits per heavy atom. The molecular formula is C12H12FN3O5. The van der Waals surface area contributed by atoms with Gasteiger partial charge in [-0.25, -0.2) is 4.79 Å². The minimum absolute atomic E-state index is 0.00201. The number of carbonyl (C=O) groups is 2. The number of carbonyl (C=O) groups excluding carboxylic acids is 2. The first-order chi connectivity index (χ1) is 9.88. The van der Waals surface area contributed by atoms with Crippen molar-refractivity contribution < 1.29 is 23.6 Å². The second-order valence-electron chi connectivity index (χ2n) is 4.52. The third-order valence-corrected chi connectivity index (χ3v) is 3.11. The number of ether oxygens (including phenoxy) is 1. The summed E-state index contributed by atoms with van der Waals surface area (Å²) in [5.41, 5.74) is 4.20. The Morgan fingerprint density at radius 3 is 2.76 bits per heavy atom. The van der Waals surface area contributed by atoms with Crippen LogP contribution in [0, 0.1) is 15.9 Å². The predicted octanol–water partition coefficient (Wildman–Crippen LogP) is 1.04. The van der Waals surface area contributed by atoms with E-state index in [1.54, 1.807) is 0 Å². The number of hydrogen-bond acceptors (Lipinski definition) is 5. The molecule has 1 heterocycles. The molecule has 1 saturated heterocycles. The fraction of sp³-hybridized carbons (Fsp3) is 0.333. The molecule has 0 aliphatic carbocycles. The number of amides is 2. The number of benzene rings is 1. The fourth-order valence-corrected chi connectivity index (χ4v) is 2.14. The standard InChI is InChI=1S/C12H12FN3O5/c13-9-5-7(1-2-10(9)16(19)20)11(17)15-4-3-8(6-15)21-12(14)18/h1-2,5,8H,3-4,6H2,(H2,14,18)/t8-/m1/s1. The van der Waals surface area contributed by atoms with Gasteiger partial charge >= 0.3 is 11.8 Å². The number of hydrogen-bond donors (Lipinski definition) is 1. The summed E-state index contributed by atoms with van der Waals surface area (Å²) in [5, 5.41) is 10.5. The average molecular weight is 297 g/mol. The van der Waals surface area contributed by atoms with Crippen molar-refractivity contribution in [3.8, 4) is 0 Å². The number of likely N-dealkylation sites (tertiary alicyclic amines) is 1. The molecule has 2 rings (SSSR count). The number of rotatable bonds is 3. The molecule has 0 radical (unpaired) electrons. The zero-order valence-corrected chi connectivity index (χ0v) is 10.8. The summed E-state index contributed by atoms with van der Waals surface area (Å²) in [6.45, 7) is 0.482. The molecule has 1 aliphatic rings. The SMILES string of the molecule is NC(=O)O[C@@H]1CCN(C(=O)c2ccc([N+](=O)[O-])c(F)c2)C1. The van der Waals surface area contributed by atoms with Crippen LogP contribution in [0.4, 0.5) is 14.9 Å². The van der Waals surface area contributed by atoms with E-state index in [1.165, 1.54) is 11.0 Å². The molecule has 0 bridgehead atoms. The van der Waals surface area contributed by atoms with E-state index in [0.717, 1.165) is 12.1 Å². The Morgan fingerprint density at radius 2 is 2.19 bits per heavy atom. The summed E-state index contributed by atoms with van der Waals surface area (Å²) in [4.78, 5) is 33.8. The molecule has 112 valence electrons. The van der Waals surface area contributed by atoms with Gasteiger partial charge in [-0.3, -0.25) is 14.9 Å². The Kier molecular flexibility index (Phi) is 4.01. The lowest BCUT2D eigenvalue weighted by molar-refractivity contribution is -0.387. The normalized spacial score (nSPS) is 17.6. The molecule has 1 fully saturated rings. The summed E-state index contributed by atoms with van der Waals surface area (Å²) >= 11 is 0. The smallest absolute Gasteiger partial charge is 0.404 e. The van der Waals surface area contributed by atoms with Crippen LogP contribution in [0.2, 0.25) is 0 Å². The van der Waals surface area contributed by atoms with Crippen LogP contribution in [0.25, 0.3) is 0 Å². The molecule has 1 aromatic carbocycles. The molecule has 0 unspecified atom stereocenters. The van der Waals surface area contributed by atoms with Crippen molar-refractivity contribution in [1.29, 1.82) is 0 Å². The average Bonchev–Trinajstić information content (AvgIpc) is 2.84. The lowest BCUT2D eigenvalue weighted by atomic mass is 10.1. The largest absolute Gasteiger partial charge is 0.444 e. The summed E-state index contributed by atoms with van der Waals surface area (Å²) < 4.78 is 18.3. The second kappa shape index (κ2) is 5.73. The van der Waals surface area contributed by atoms with Gasteiger partial charge in [0, 0.05) is 24.6 Å². The van der Waals surface area contributed by atoms with Crippen LogP contribution in [-0.4, -0.2) is 41.0 Å². The quantitative estimate of drug-likeness (QED) is 0.661. The van der Waals surface area contributed by atoms with E-state index in [-0.39, 0.29) is 12.1 Å². The highest BCUT2D eigenvalue weighted by Gasteiger charge is 2.29. The maximum absolute atomic E-state index is 13.5. The zero-order chi connectivity index (χ0) is 15.6. The van der Waals surface area contributed by atoms with E-state index in [2.05, 4.69) is 0 Å². The third-order valence-electron chi connectivity index (χ3n) is 3.11. The molecule has 0 saturated carbocycles. The van der Waals surface area contributed by atoms with Crippen molar-refractivity contribution in [3.05, 3.63) is 39.7 Å². The molecule has 0 aromatic heterocycles. The summed E-state index contributed by atoms with van der Waals surface area (Å²) in [6.07, 6.45) is -0.977. The lowest BCUT2D eigenvalue weighted by Crippen LogP contribution is -2.31. The van der Waals surface area contributed by atoms with Crippen molar-refractivity contribution in [2.45, 2.75) is 12.5 Å². The van der Waals surface area contributed by atoms with E-state index < -0.39 is 34.5 Å². The van der Waals surface area contributed by atoms with Gasteiger partial charge in [-0.15, -0.1) is 0 Å². The van der Waals surface area contributed by atoms with Crippen molar-refractivity contribution >= 4 is 17.7 Å². The molecule has 1 aliphatic heterocycles. The van der Waals surface area contributed by atoms with Crippen molar-refractivity contribution in [2.24, 2.45) is 5.73 Å². The highest BCUT2D eigenvalue weighted by molar-refractivity contribution is 5.94.